The van der Waals surface area contributed by atoms with Crippen molar-refractivity contribution in [3.63, 3.8) is 0 Å². The molecule has 0 fully saturated rings. The van der Waals surface area contributed by atoms with Gasteiger partial charge in [-0.25, -0.2) is 9.59 Å². The van der Waals surface area contributed by atoms with E-state index in [1.54, 1.807) is 31.6 Å². The van der Waals surface area contributed by atoms with Gasteiger partial charge in [0.1, 0.15) is 17.2 Å². The lowest BCUT2D eigenvalue weighted by atomic mass is 9.87. The number of aryl methyl sites for hydroxylation is 3. The van der Waals surface area contributed by atoms with Gasteiger partial charge in [0.2, 0.25) is 0 Å². The smallest absolute Gasteiger partial charge is 0.336 e. The van der Waals surface area contributed by atoms with Crippen LogP contribution in [-0.2, 0) is 12.8 Å². The van der Waals surface area contributed by atoms with Gasteiger partial charge in [0, 0.05) is 73.8 Å². The number of anilines is 4. The zero-order chi connectivity index (χ0) is 42.9. The van der Waals surface area contributed by atoms with Crippen LogP contribution in [0, 0.1) is 6.92 Å². The molecule has 0 amide bonds. The Bertz CT molecular complexity index is 2450. The molecule has 0 saturated carbocycles. The maximum Gasteiger partial charge on any atom is 0.336 e. The average Bonchev–Trinajstić information content (AvgIpc) is 3.29. The fourth-order valence-electron chi connectivity index (χ4n) is 8.12. The molecule has 314 valence electrons. The molecule has 0 aliphatic carbocycles. The van der Waals surface area contributed by atoms with Crippen molar-refractivity contribution in [2.24, 2.45) is 0 Å². The lowest BCUT2D eigenvalue weighted by Gasteiger charge is -2.28. The summed E-state index contributed by atoms with van der Waals surface area (Å²) in [5.74, 6) is 1.51. The molecule has 11 heteroatoms. The van der Waals surface area contributed by atoms with E-state index in [1.165, 1.54) is 29.1 Å². The SMILES string of the molecule is COc1ccc(N(C)c2ccc3c(c2)OCC[C@H]3CCc2cnccc2C(=O)O)cc1.Cc1ccc(N(C)c2ccc3c(c2)OCC[C@H]3CCc2cnccc2C(=O)O)cc1. The molecule has 4 aromatic carbocycles. The molecule has 0 unspecified atom stereocenters. The Kier molecular flexibility index (Phi) is 13.5. The number of benzene rings is 4. The maximum absolute atomic E-state index is 11.5. The summed E-state index contributed by atoms with van der Waals surface area (Å²) < 4.78 is 17.2. The minimum Gasteiger partial charge on any atom is -0.497 e. The Balaban J connectivity index is 0.000000184. The van der Waals surface area contributed by atoms with Crippen LogP contribution < -0.4 is 24.0 Å². The van der Waals surface area contributed by atoms with Gasteiger partial charge < -0.3 is 34.2 Å². The summed E-state index contributed by atoms with van der Waals surface area (Å²) in [6.45, 7) is 3.42. The van der Waals surface area contributed by atoms with Gasteiger partial charge in [0.15, 0.2) is 0 Å². The second kappa shape index (κ2) is 19.5. The predicted octanol–water partition coefficient (Wildman–Crippen LogP) is 10.4. The van der Waals surface area contributed by atoms with Gasteiger partial charge in [-0.1, -0.05) is 29.8 Å². The third-order valence-corrected chi connectivity index (χ3v) is 11.8. The molecule has 8 rings (SSSR count). The quantitative estimate of drug-likeness (QED) is 0.115. The number of ether oxygens (including phenoxy) is 3. The van der Waals surface area contributed by atoms with Gasteiger partial charge in [-0.15, -0.1) is 0 Å². The first-order valence-corrected chi connectivity index (χ1v) is 20.6. The number of fused-ring (bicyclic) bond motifs is 2. The van der Waals surface area contributed by atoms with Crippen molar-refractivity contribution in [3.8, 4) is 17.2 Å². The van der Waals surface area contributed by atoms with E-state index in [0.29, 0.717) is 49.0 Å². The van der Waals surface area contributed by atoms with Crippen LogP contribution in [0.25, 0.3) is 0 Å². The summed E-state index contributed by atoms with van der Waals surface area (Å²) >= 11 is 0. The molecule has 0 spiro atoms. The third-order valence-electron chi connectivity index (χ3n) is 11.8. The molecule has 2 atom stereocenters. The van der Waals surface area contributed by atoms with E-state index in [2.05, 4.69) is 94.4 Å². The molecule has 2 aliphatic heterocycles. The van der Waals surface area contributed by atoms with Crippen LogP contribution in [0.3, 0.4) is 0 Å². The number of aromatic carboxylic acids is 2. The molecule has 0 bridgehead atoms. The zero-order valence-corrected chi connectivity index (χ0v) is 35.1. The lowest BCUT2D eigenvalue weighted by Crippen LogP contribution is -2.17. The van der Waals surface area contributed by atoms with Crippen molar-refractivity contribution in [2.45, 2.75) is 57.3 Å². The highest BCUT2D eigenvalue weighted by atomic mass is 16.5. The first-order chi connectivity index (χ1) is 29.6. The molecule has 2 aliphatic rings. The van der Waals surface area contributed by atoms with Crippen LogP contribution in [0.2, 0.25) is 0 Å². The minimum absolute atomic E-state index is 0.325. The Morgan fingerprint density at radius 2 is 1.07 bits per heavy atom. The van der Waals surface area contributed by atoms with Crippen LogP contribution in [0.5, 0.6) is 17.2 Å². The predicted molar refractivity (Wildman–Crippen MR) is 238 cm³/mol. The summed E-state index contributed by atoms with van der Waals surface area (Å²) in [7, 11) is 5.74. The molecule has 0 radical (unpaired) electrons. The van der Waals surface area contributed by atoms with Crippen molar-refractivity contribution < 1.29 is 34.0 Å². The minimum atomic E-state index is -0.906. The summed E-state index contributed by atoms with van der Waals surface area (Å²) in [5.41, 5.74) is 10.2. The highest BCUT2D eigenvalue weighted by molar-refractivity contribution is 5.89. The van der Waals surface area contributed by atoms with E-state index in [1.807, 2.05) is 31.3 Å². The van der Waals surface area contributed by atoms with Gasteiger partial charge in [-0.2, -0.15) is 0 Å². The van der Waals surface area contributed by atoms with Crippen molar-refractivity contribution in [1.82, 2.24) is 9.97 Å². The van der Waals surface area contributed by atoms with Crippen LogP contribution in [0.1, 0.15) is 86.1 Å². The molecular weight excluding hydrogens is 769 g/mol. The van der Waals surface area contributed by atoms with Gasteiger partial charge in [0.25, 0.3) is 0 Å². The van der Waals surface area contributed by atoms with Gasteiger partial charge >= 0.3 is 11.9 Å². The van der Waals surface area contributed by atoms with E-state index in [9.17, 15) is 19.8 Å². The van der Waals surface area contributed by atoms with Crippen LogP contribution in [0.4, 0.5) is 22.7 Å². The molecule has 0 saturated heterocycles. The normalized spacial score (nSPS) is 15.1. The number of methoxy groups -OCH3 is 1. The summed E-state index contributed by atoms with van der Waals surface area (Å²) in [6, 6.07) is 32.3. The van der Waals surface area contributed by atoms with Crippen LogP contribution in [0.15, 0.2) is 122 Å². The molecule has 6 aromatic rings. The number of pyridine rings is 2. The first kappa shape index (κ1) is 42.3. The van der Waals surface area contributed by atoms with Crippen molar-refractivity contribution >= 4 is 34.7 Å². The number of nitrogens with zero attached hydrogens (tertiary/aromatic N) is 4. The third kappa shape index (κ3) is 10.1. The van der Waals surface area contributed by atoms with E-state index >= 15 is 0 Å². The summed E-state index contributed by atoms with van der Waals surface area (Å²) in [5, 5.41) is 18.8. The molecule has 2 aromatic heterocycles. The van der Waals surface area contributed by atoms with Crippen LogP contribution in [-0.4, -0.2) is 66.5 Å². The Morgan fingerprint density at radius 3 is 1.49 bits per heavy atom. The molecular formula is C50H52N4O7. The fourth-order valence-corrected chi connectivity index (χ4v) is 8.12. The molecule has 2 N–H and O–H groups in total. The Hall–Kier alpha value is -6.88. The fraction of sp³-hybridized carbons (Fsp3) is 0.280. The summed E-state index contributed by atoms with van der Waals surface area (Å²) in [6.07, 6.45) is 11.3. The number of hydrogen-bond donors (Lipinski definition) is 2. The number of carboxylic acids is 2. The first-order valence-electron chi connectivity index (χ1n) is 20.6. The monoisotopic (exact) mass is 820 g/mol. The highest BCUT2D eigenvalue weighted by Gasteiger charge is 2.25. The molecule has 11 nitrogen and oxygen atoms in total. The van der Waals surface area contributed by atoms with E-state index < -0.39 is 11.9 Å². The number of carboxylic acid groups (broad SMARTS) is 2. The second-order valence-corrected chi connectivity index (χ2v) is 15.5. The maximum atomic E-state index is 11.5. The largest absolute Gasteiger partial charge is 0.497 e. The number of carbonyl (C=O) groups is 2. The van der Waals surface area contributed by atoms with Crippen molar-refractivity contribution in [1.29, 1.82) is 0 Å². The Labute approximate surface area is 357 Å². The second-order valence-electron chi connectivity index (χ2n) is 15.5. The van der Waals surface area contributed by atoms with Crippen molar-refractivity contribution in [3.05, 3.63) is 161 Å². The van der Waals surface area contributed by atoms with Gasteiger partial charge in [0.05, 0.1) is 31.5 Å². The topological polar surface area (TPSA) is 135 Å². The number of aromatic nitrogens is 2. The van der Waals surface area contributed by atoms with E-state index in [0.717, 1.165) is 76.8 Å². The Morgan fingerprint density at radius 1 is 0.639 bits per heavy atom. The molecule has 4 heterocycles. The number of rotatable bonds is 13. The van der Waals surface area contributed by atoms with E-state index in [4.69, 9.17) is 14.2 Å². The summed E-state index contributed by atoms with van der Waals surface area (Å²) in [4.78, 5) is 35.4. The number of hydrogen-bond acceptors (Lipinski definition) is 9. The average molecular weight is 821 g/mol. The van der Waals surface area contributed by atoms with Crippen molar-refractivity contribution in [2.75, 3.05) is 44.2 Å². The highest BCUT2D eigenvalue weighted by Crippen LogP contribution is 2.41. The van der Waals surface area contributed by atoms with E-state index in [-0.39, 0.29) is 0 Å². The van der Waals surface area contributed by atoms with Gasteiger partial charge in [-0.3, -0.25) is 9.97 Å². The molecule has 61 heavy (non-hydrogen) atoms. The van der Waals surface area contributed by atoms with Gasteiger partial charge in [-0.05, 0) is 140 Å². The zero-order valence-electron chi connectivity index (χ0n) is 35.1. The lowest BCUT2D eigenvalue weighted by molar-refractivity contribution is 0.0684. The standard InChI is InChI=1S/C25H26N2O4.C25H26N2O3/c1-27(19-5-8-21(30-2)9-6-19)20-7-10-22-17(12-14-31-24(22)15-20)3-4-18-16-26-13-11-23(18)25(28)29;1-17-3-7-20(8-4-17)27(2)21-9-10-22-18(12-14-30-24(22)15-21)5-6-19-16-26-13-11-23(19)25(28)29/h5-11,13,15-17H,3-4,12,14H2,1-2H3,(H,28,29);3-4,7-11,13,15-16,18H,5-6,12,14H2,1-2H3,(H,28,29)/t17-;18-/m11/s1. The van der Waals surface area contributed by atoms with Crippen LogP contribution >= 0.6 is 0 Å².